The molecule has 1 amide bonds. The fraction of sp³-hybridized carbons (Fsp3) is 0.333. The van der Waals surface area contributed by atoms with Crippen molar-refractivity contribution in [3.8, 4) is 5.75 Å². The van der Waals surface area contributed by atoms with E-state index in [1.807, 2.05) is 12.1 Å². The van der Waals surface area contributed by atoms with E-state index in [1.165, 1.54) is 0 Å². The van der Waals surface area contributed by atoms with Crippen LogP contribution in [0.15, 0.2) is 30.5 Å². The lowest BCUT2D eigenvalue weighted by molar-refractivity contribution is -0.127. The topological polar surface area (TPSA) is 86.5 Å². The number of hydrogen-bond donors (Lipinski definition) is 2. The number of pyridine rings is 1. The summed E-state index contributed by atoms with van der Waals surface area (Å²) in [5, 5.41) is 3.54. The number of nitrogens with two attached hydrogens (primary N) is 1. The first-order chi connectivity index (χ1) is 10.1. The summed E-state index contributed by atoms with van der Waals surface area (Å²) in [7, 11) is 1.58. The fourth-order valence-electron chi connectivity index (χ4n) is 1.93. The quantitative estimate of drug-likeness (QED) is 0.619. The number of amides is 1. The number of aromatic nitrogens is 1. The number of benzene rings is 1. The molecule has 0 bridgehead atoms. The maximum Gasteiger partial charge on any atom is 0.260 e. The summed E-state index contributed by atoms with van der Waals surface area (Å²) in [6.07, 6.45) is 1.04. The van der Waals surface area contributed by atoms with Crippen LogP contribution in [-0.4, -0.2) is 37.3 Å². The summed E-state index contributed by atoms with van der Waals surface area (Å²) >= 11 is 0. The molecule has 0 aliphatic heterocycles. The minimum Gasteiger partial charge on any atom is -0.479 e. The number of carbonyl (C=O) groups is 1. The Balaban J connectivity index is 2.13. The molecule has 0 radical (unpaired) electrons. The van der Waals surface area contributed by atoms with Crippen molar-refractivity contribution in [3.05, 3.63) is 30.5 Å². The van der Waals surface area contributed by atoms with E-state index in [0.29, 0.717) is 30.1 Å². The van der Waals surface area contributed by atoms with E-state index in [9.17, 15) is 4.79 Å². The van der Waals surface area contributed by atoms with E-state index in [0.717, 1.165) is 5.39 Å². The number of nitrogens with zero attached hydrogens (tertiary/aromatic N) is 1. The highest BCUT2D eigenvalue weighted by Crippen LogP contribution is 2.28. The van der Waals surface area contributed by atoms with Crippen molar-refractivity contribution in [2.45, 2.75) is 13.0 Å². The Labute approximate surface area is 123 Å². The van der Waals surface area contributed by atoms with E-state index >= 15 is 0 Å². The number of ether oxygens (including phenoxy) is 2. The Morgan fingerprint density at radius 3 is 3.00 bits per heavy atom. The van der Waals surface area contributed by atoms with E-state index in [1.54, 1.807) is 32.4 Å². The van der Waals surface area contributed by atoms with Gasteiger partial charge in [-0.2, -0.15) is 0 Å². The third-order valence-corrected chi connectivity index (χ3v) is 3.04. The number of nitrogens with one attached hydrogen (secondary N) is 1. The maximum absolute atomic E-state index is 11.9. The minimum atomic E-state index is -0.629. The lowest BCUT2D eigenvalue weighted by Gasteiger charge is -2.16. The smallest absolute Gasteiger partial charge is 0.260 e. The Hall–Kier alpha value is -2.34. The molecule has 0 saturated heterocycles. The van der Waals surface area contributed by atoms with Crippen LogP contribution in [0.5, 0.6) is 5.75 Å². The number of fused-ring (bicyclic) bond motifs is 1. The molecule has 21 heavy (non-hydrogen) atoms. The molecule has 0 fully saturated rings. The summed E-state index contributed by atoms with van der Waals surface area (Å²) in [4.78, 5) is 16.2. The predicted molar refractivity (Wildman–Crippen MR) is 81.1 cm³/mol. The largest absolute Gasteiger partial charge is 0.479 e. The molecule has 0 spiro atoms. The van der Waals surface area contributed by atoms with Crippen LogP contribution in [0.25, 0.3) is 10.9 Å². The molecule has 0 saturated carbocycles. The van der Waals surface area contributed by atoms with Crippen LogP contribution in [0, 0.1) is 0 Å². The van der Waals surface area contributed by atoms with Gasteiger partial charge in [-0.1, -0.05) is 0 Å². The molecule has 2 aromatic rings. The zero-order chi connectivity index (χ0) is 15.2. The zero-order valence-corrected chi connectivity index (χ0v) is 12.1. The van der Waals surface area contributed by atoms with Gasteiger partial charge in [0.1, 0.15) is 11.3 Å². The summed E-state index contributed by atoms with van der Waals surface area (Å²) < 4.78 is 10.6. The molecule has 0 aliphatic carbocycles. The lowest BCUT2D eigenvalue weighted by Crippen LogP contribution is -2.38. The van der Waals surface area contributed by atoms with Gasteiger partial charge < -0.3 is 20.5 Å². The highest BCUT2D eigenvalue weighted by Gasteiger charge is 2.16. The number of nitrogen functional groups attached to an aromatic ring is 1. The van der Waals surface area contributed by atoms with Crippen LogP contribution in [-0.2, 0) is 9.53 Å². The number of anilines is 1. The van der Waals surface area contributed by atoms with Crippen LogP contribution in [0.2, 0.25) is 0 Å². The number of methoxy groups -OCH3 is 1. The maximum atomic E-state index is 11.9. The number of rotatable bonds is 6. The van der Waals surface area contributed by atoms with Crippen molar-refractivity contribution in [1.29, 1.82) is 0 Å². The lowest BCUT2D eigenvalue weighted by atomic mass is 10.1. The first kappa shape index (κ1) is 15.1. The molecule has 6 heteroatoms. The molecular formula is C15H19N3O3. The van der Waals surface area contributed by atoms with Crippen LogP contribution >= 0.6 is 0 Å². The summed E-state index contributed by atoms with van der Waals surface area (Å²) in [6, 6.07) is 7.15. The summed E-state index contributed by atoms with van der Waals surface area (Å²) in [5.74, 6) is 0.335. The average Bonchev–Trinajstić information content (AvgIpc) is 2.50. The van der Waals surface area contributed by atoms with Crippen molar-refractivity contribution in [3.63, 3.8) is 0 Å². The molecular weight excluding hydrogens is 270 g/mol. The molecule has 1 atom stereocenters. The predicted octanol–water partition coefficient (Wildman–Crippen LogP) is 1.35. The third kappa shape index (κ3) is 3.61. The van der Waals surface area contributed by atoms with Crippen LogP contribution in [0.4, 0.5) is 5.69 Å². The molecule has 0 aliphatic rings. The first-order valence-electron chi connectivity index (χ1n) is 6.70. The second kappa shape index (κ2) is 6.90. The van der Waals surface area contributed by atoms with Gasteiger partial charge in [-0.3, -0.25) is 9.78 Å². The SMILES string of the molecule is COCCNC(=O)C(C)Oc1ccc(N)c2cccnc12. The van der Waals surface area contributed by atoms with Gasteiger partial charge in [-0.05, 0) is 31.2 Å². The average molecular weight is 289 g/mol. The Bertz CT molecular complexity index is 631. The van der Waals surface area contributed by atoms with Crippen molar-refractivity contribution >= 4 is 22.5 Å². The van der Waals surface area contributed by atoms with Gasteiger partial charge >= 0.3 is 0 Å². The summed E-state index contributed by atoms with van der Waals surface area (Å²) in [6.45, 7) is 2.60. The monoisotopic (exact) mass is 289 g/mol. The molecule has 6 nitrogen and oxygen atoms in total. The van der Waals surface area contributed by atoms with Crippen LogP contribution in [0.3, 0.4) is 0 Å². The third-order valence-electron chi connectivity index (χ3n) is 3.04. The summed E-state index contributed by atoms with van der Waals surface area (Å²) in [5.41, 5.74) is 7.18. The van der Waals surface area contributed by atoms with Gasteiger partial charge in [0.05, 0.1) is 6.61 Å². The van der Waals surface area contributed by atoms with Crippen LogP contribution in [0.1, 0.15) is 6.92 Å². The van der Waals surface area contributed by atoms with Gasteiger partial charge in [0, 0.05) is 30.9 Å². The minimum absolute atomic E-state index is 0.201. The van der Waals surface area contributed by atoms with E-state index in [2.05, 4.69) is 10.3 Å². The Morgan fingerprint density at radius 2 is 2.24 bits per heavy atom. The molecule has 2 rings (SSSR count). The molecule has 1 heterocycles. The van der Waals surface area contributed by atoms with Gasteiger partial charge in [0.15, 0.2) is 6.10 Å². The number of carbonyl (C=O) groups excluding carboxylic acids is 1. The van der Waals surface area contributed by atoms with E-state index in [4.69, 9.17) is 15.2 Å². The van der Waals surface area contributed by atoms with Gasteiger partial charge in [-0.25, -0.2) is 0 Å². The van der Waals surface area contributed by atoms with E-state index in [-0.39, 0.29) is 5.91 Å². The second-order valence-electron chi connectivity index (χ2n) is 4.60. The van der Waals surface area contributed by atoms with Crippen molar-refractivity contribution < 1.29 is 14.3 Å². The highest BCUT2D eigenvalue weighted by atomic mass is 16.5. The van der Waals surface area contributed by atoms with Crippen molar-refractivity contribution in [2.75, 3.05) is 26.0 Å². The second-order valence-corrected chi connectivity index (χ2v) is 4.60. The normalized spacial score (nSPS) is 12.1. The number of hydrogen-bond acceptors (Lipinski definition) is 5. The Morgan fingerprint density at radius 1 is 1.43 bits per heavy atom. The van der Waals surface area contributed by atoms with Crippen molar-refractivity contribution in [1.82, 2.24) is 10.3 Å². The Kier molecular flexibility index (Phi) is 4.94. The van der Waals surface area contributed by atoms with Gasteiger partial charge in [0.2, 0.25) is 0 Å². The fourth-order valence-corrected chi connectivity index (χ4v) is 1.93. The van der Waals surface area contributed by atoms with Gasteiger partial charge in [-0.15, -0.1) is 0 Å². The molecule has 3 N–H and O–H groups in total. The molecule has 112 valence electrons. The highest BCUT2D eigenvalue weighted by molar-refractivity contribution is 5.94. The molecule has 1 unspecified atom stereocenters. The van der Waals surface area contributed by atoms with Crippen molar-refractivity contribution in [2.24, 2.45) is 0 Å². The van der Waals surface area contributed by atoms with Gasteiger partial charge in [0.25, 0.3) is 5.91 Å². The first-order valence-corrected chi connectivity index (χ1v) is 6.70. The standard InChI is InChI=1S/C15H19N3O3/c1-10(15(19)18-8-9-20-2)21-13-6-5-12(16)11-4-3-7-17-14(11)13/h3-7,10H,8-9,16H2,1-2H3,(H,18,19). The molecule has 1 aromatic heterocycles. The van der Waals surface area contributed by atoms with Crippen LogP contribution < -0.4 is 15.8 Å². The zero-order valence-electron chi connectivity index (χ0n) is 12.1. The molecule has 1 aromatic carbocycles. The van der Waals surface area contributed by atoms with E-state index < -0.39 is 6.10 Å².